The second-order valence-electron chi connectivity index (χ2n) is 3.05. The van der Waals surface area contributed by atoms with Crippen LogP contribution in [0.2, 0.25) is 0 Å². The minimum absolute atomic E-state index is 0.332. The van der Waals surface area contributed by atoms with Crippen LogP contribution in [0.5, 0.6) is 0 Å². The standard InChI is InChI=1S/C10H7N3O3S2/c14-7(3-4-8(15)16)11-10-13-12-9(18-10)6-2-1-5-17-6/h1-5H,(H,15,16)(H,11,13,14). The Hall–Kier alpha value is -2.06. The molecule has 92 valence electrons. The second-order valence-corrected chi connectivity index (χ2v) is 4.98. The van der Waals surface area contributed by atoms with Gasteiger partial charge in [-0.2, -0.15) is 0 Å². The summed E-state index contributed by atoms with van der Waals surface area (Å²) in [6, 6.07) is 3.80. The van der Waals surface area contributed by atoms with Crippen molar-refractivity contribution in [3.8, 4) is 9.88 Å². The SMILES string of the molecule is O=C(O)C=CC(=O)Nc1nnc(-c2cccs2)s1. The van der Waals surface area contributed by atoms with Crippen LogP contribution in [0.25, 0.3) is 9.88 Å². The van der Waals surface area contributed by atoms with Crippen LogP contribution < -0.4 is 5.32 Å². The number of anilines is 1. The molecule has 2 heterocycles. The van der Waals surface area contributed by atoms with Gasteiger partial charge in [0.1, 0.15) is 0 Å². The fraction of sp³-hybridized carbons (Fsp3) is 0. The summed E-state index contributed by atoms with van der Waals surface area (Å²) in [6.45, 7) is 0. The number of nitrogens with one attached hydrogen (secondary N) is 1. The lowest BCUT2D eigenvalue weighted by atomic mass is 10.5. The fourth-order valence-electron chi connectivity index (χ4n) is 1.07. The van der Waals surface area contributed by atoms with Crippen molar-refractivity contribution in [2.45, 2.75) is 0 Å². The van der Waals surface area contributed by atoms with Crippen LogP contribution in [-0.2, 0) is 9.59 Å². The van der Waals surface area contributed by atoms with Gasteiger partial charge in [0.15, 0.2) is 5.01 Å². The number of thiophene rings is 1. The minimum atomic E-state index is -1.18. The van der Waals surface area contributed by atoms with Crippen molar-refractivity contribution in [1.29, 1.82) is 0 Å². The summed E-state index contributed by atoms with van der Waals surface area (Å²) in [5, 5.41) is 21.5. The van der Waals surface area contributed by atoms with Gasteiger partial charge < -0.3 is 5.11 Å². The van der Waals surface area contributed by atoms with Crippen molar-refractivity contribution in [3.63, 3.8) is 0 Å². The van der Waals surface area contributed by atoms with Gasteiger partial charge >= 0.3 is 5.97 Å². The van der Waals surface area contributed by atoms with Crippen LogP contribution in [0.1, 0.15) is 0 Å². The molecule has 0 aliphatic rings. The molecule has 0 radical (unpaired) electrons. The number of carboxylic acids is 1. The topological polar surface area (TPSA) is 92.2 Å². The van der Waals surface area contributed by atoms with E-state index < -0.39 is 11.9 Å². The molecule has 1 amide bonds. The largest absolute Gasteiger partial charge is 0.478 e. The van der Waals surface area contributed by atoms with Crippen LogP contribution in [0, 0.1) is 0 Å². The summed E-state index contributed by atoms with van der Waals surface area (Å²) in [4.78, 5) is 22.5. The van der Waals surface area contributed by atoms with Crippen molar-refractivity contribution in [3.05, 3.63) is 29.7 Å². The molecule has 2 aromatic heterocycles. The first-order valence-corrected chi connectivity index (χ1v) is 6.44. The maximum atomic E-state index is 11.3. The zero-order valence-electron chi connectivity index (χ0n) is 8.86. The predicted molar refractivity (Wildman–Crippen MR) is 68.6 cm³/mol. The third-order valence-electron chi connectivity index (χ3n) is 1.76. The number of rotatable bonds is 4. The number of hydrogen-bond acceptors (Lipinski definition) is 6. The molecule has 6 nitrogen and oxygen atoms in total. The summed E-state index contributed by atoms with van der Waals surface area (Å²) >= 11 is 2.75. The first-order valence-electron chi connectivity index (χ1n) is 4.74. The predicted octanol–water partition coefficient (Wildman–Crippen LogP) is 1.85. The average Bonchev–Trinajstić information content (AvgIpc) is 2.95. The fourth-order valence-corrected chi connectivity index (χ4v) is 2.61. The third-order valence-corrected chi connectivity index (χ3v) is 3.64. The molecule has 0 spiro atoms. The number of nitrogens with zero attached hydrogens (tertiary/aromatic N) is 2. The molecule has 0 fully saturated rings. The molecule has 2 rings (SSSR count). The number of aliphatic carboxylic acids is 1. The normalized spacial score (nSPS) is 10.7. The van der Waals surface area contributed by atoms with E-state index in [4.69, 9.17) is 5.11 Å². The van der Waals surface area contributed by atoms with Crippen LogP contribution in [-0.4, -0.2) is 27.2 Å². The molecular weight excluding hydrogens is 274 g/mol. The van der Waals surface area contributed by atoms with E-state index in [-0.39, 0.29) is 0 Å². The average molecular weight is 281 g/mol. The van der Waals surface area contributed by atoms with Gasteiger partial charge in [-0.1, -0.05) is 17.4 Å². The van der Waals surface area contributed by atoms with E-state index in [0.29, 0.717) is 10.1 Å². The number of carbonyl (C=O) groups excluding carboxylic acids is 1. The molecule has 0 bridgehead atoms. The molecule has 0 atom stereocenters. The first-order chi connectivity index (χ1) is 8.65. The Morgan fingerprint density at radius 3 is 2.83 bits per heavy atom. The van der Waals surface area contributed by atoms with E-state index in [1.165, 1.54) is 22.7 Å². The molecule has 2 aromatic rings. The quantitative estimate of drug-likeness (QED) is 0.834. The Balaban J connectivity index is 2.03. The third kappa shape index (κ3) is 3.22. The maximum absolute atomic E-state index is 11.3. The molecule has 0 saturated heterocycles. The molecule has 8 heteroatoms. The van der Waals surface area contributed by atoms with Gasteiger partial charge in [0.25, 0.3) is 0 Å². The van der Waals surface area contributed by atoms with Crippen molar-refractivity contribution < 1.29 is 14.7 Å². The van der Waals surface area contributed by atoms with Gasteiger partial charge in [-0.15, -0.1) is 21.5 Å². The smallest absolute Gasteiger partial charge is 0.328 e. The highest BCUT2D eigenvalue weighted by Crippen LogP contribution is 2.29. The highest BCUT2D eigenvalue weighted by Gasteiger charge is 2.08. The number of hydrogen-bond donors (Lipinski definition) is 2. The Morgan fingerprint density at radius 2 is 2.17 bits per heavy atom. The van der Waals surface area contributed by atoms with E-state index >= 15 is 0 Å². The Morgan fingerprint density at radius 1 is 1.33 bits per heavy atom. The van der Waals surface area contributed by atoms with Gasteiger partial charge in [0, 0.05) is 12.2 Å². The summed E-state index contributed by atoms with van der Waals surface area (Å²) < 4.78 is 0. The van der Waals surface area contributed by atoms with Crippen molar-refractivity contribution >= 4 is 39.7 Å². The summed E-state index contributed by atoms with van der Waals surface area (Å²) in [6.07, 6.45) is 1.69. The monoisotopic (exact) mass is 281 g/mol. The van der Waals surface area contributed by atoms with Crippen molar-refractivity contribution in [1.82, 2.24) is 10.2 Å². The first kappa shape index (κ1) is 12.4. The van der Waals surface area contributed by atoms with E-state index in [0.717, 1.165) is 17.0 Å². The van der Waals surface area contributed by atoms with Crippen LogP contribution in [0.4, 0.5) is 5.13 Å². The Labute approximate surface area is 110 Å². The highest BCUT2D eigenvalue weighted by atomic mass is 32.1. The molecular formula is C10H7N3O3S2. The molecule has 18 heavy (non-hydrogen) atoms. The zero-order chi connectivity index (χ0) is 13.0. The second kappa shape index (κ2) is 5.52. The van der Waals surface area contributed by atoms with E-state index in [1.54, 1.807) is 0 Å². The van der Waals surface area contributed by atoms with Gasteiger partial charge in [-0.3, -0.25) is 10.1 Å². The lowest BCUT2D eigenvalue weighted by Crippen LogP contribution is -2.08. The number of amides is 1. The number of carbonyl (C=O) groups is 2. The Bertz CT molecular complexity index is 589. The van der Waals surface area contributed by atoms with E-state index in [2.05, 4.69) is 15.5 Å². The highest BCUT2D eigenvalue weighted by molar-refractivity contribution is 7.23. The van der Waals surface area contributed by atoms with Crippen LogP contribution in [0.3, 0.4) is 0 Å². The number of aromatic nitrogens is 2. The summed E-state index contributed by atoms with van der Waals surface area (Å²) in [5.41, 5.74) is 0. The molecule has 0 aliphatic heterocycles. The Kier molecular flexibility index (Phi) is 3.80. The van der Waals surface area contributed by atoms with Gasteiger partial charge in [-0.05, 0) is 11.4 Å². The van der Waals surface area contributed by atoms with Crippen LogP contribution in [0.15, 0.2) is 29.7 Å². The van der Waals surface area contributed by atoms with Gasteiger partial charge in [-0.25, -0.2) is 4.79 Å². The minimum Gasteiger partial charge on any atom is -0.478 e. The number of carboxylic acid groups (broad SMARTS) is 1. The maximum Gasteiger partial charge on any atom is 0.328 e. The van der Waals surface area contributed by atoms with Crippen LogP contribution >= 0.6 is 22.7 Å². The molecule has 0 saturated carbocycles. The zero-order valence-corrected chi connectivity index (χ0v) is 10.5. The lowest BCUT2D eigenvalue weighted by Gasteiger charge is -1.92. The van der Waals surface area contributed by atoms with Crippen molar-refractivity contribution in [2.24, 2.45) is 0 Å². The molecule has 2 N–H and O–H groups in total. The van der Waals surface area contributed by atoms with Gasteiger partial charge in [0.2, 0.25) is 11.0 Å². The van der Waals surface area contributed by atoms with E-state index in [1.807, 2.05) is 17.5 Å². The van der Waals surface area contributed by atoms with Gasteiger partial charge in [0.05, 0.1) is 4.88 Å². The molecule has 0 aromatic carbocycles. The summed E-state index contributed by atoms with van der Waals surface area (Å²) in [5.74, 6) is -1.73. The molecule has 0 aliphatic carbocycles. The lowest BCUT2D eigenvalue weighted by molar-refractivity contribution is -0.131. The van der Waals surface area contributed by atoms with E-state index in [9.17, 15) is 9.59 Å². The summed E-state index contributed by atoms with van der Waals surface area (Å²) in [7, 11) is 0. The van der Waals surface area contributed by atoms with Crippen molar-refractivity contribution in [2.75, 3.05) is 5.32 Å². The molecule has 0 unspecified atom stereocenters.